The first kappa shape index (κ1) is 27.4. The van der Waals surface area contributed by atoms with Crippen molar-refractivity contribution in [2.45, 2.75) is 0 Å². The summed E-state index contributed by atoms with van der Waals surface area (Å²) >= 11 is 6.36. The summed E-state index contributed by atoms with van der Waals surface area (Å²) < 4.78 is 40.4. The number of benzene rings is 3. The highest BCUT2D eigenvalue weighted by Gasteiger charge is 2.13. The average Bonchev–Trinajstić information content (AvgIpc) is 2.91. The van der Waals surface area contributed by atoms with Crippen molar-refractivity contribution >= 4 is 35.2 Å². The zero-order chi connectivity index (χ0) is 26.9. The van der Waals surface area contributed by atoms with Crippen LogP contribution in [0, 0.1) is 5.82 Å². The van der Waals surface area contributed by atoms with Crippen LogP contribution in [-0.4, -0.2) is 41.3 Å². The fourth-order valence-corrected chi connectivity index (χ4v) is 3.74. The normalized spacial score (nSPS) is 11.0. The third-order valence-electron chi connectivity index (χ3n) is 5.38. The van der Waals surface area contributed by atoms with E-state index in [1.165, 1.54) is 45.7 Å². The van der Waals surface area contributed by atoms with Crippen LogP contribution in [0.15, 0.2) is 54.7 Å². The number of anilines is 1. The van der Waals surface area contributed by atoms with Crippen molar-refractivity contribution in [2.75, 3.05) is 40.9 Å². The van der Waals surface area contributed by atoms with Gasteiger partial charge in [-0.1, -0.05) is 23.8 Å². The Morgan fingerprint density at radius 2 is 1.46 bits per heavy atom. The largest absolute Gasteiger partial charge is 0.495 e. The lowest BCUT2D eigenvalue weighted by atomic mass is 10.1. The second kappa shape index (κ2) is 12.7. The number of ether oxygens (including phenoxy) is 5. The lowest BCUT2D eigenvalue weighted by molar-refractivity contribution is 0.104. The van der Waals surface area contributed by atoms with Crippen LogP contribution in [0.1, 0.15) is 21.5 Å². The summed E-state index contributed by atoms with van der Waals surface area (Å²) in [5.74, 6) is 1.04. The van der Waals surface area contributed by atoms with Crippen LogP contribution in [0.4, 0.5) is 10.1 Å². The minimum Gasteiger partial charge on any atom is -0.495 e. The molecule has 0 atom stereocenters. The van der Waals surface area contributed by atoms with Crippen LogP contribution in [0.25, 0.3) is 12.2 Å². The molecule has 9 heteroatoms. The molecule has 0 fully saturated rings. The topological polar surface area (TPSA) is 75.3 Å². The number of hydrogen-bond donors (Lipinski definition) is 1. The Balaban J connectivity index is 1.89. The molecule has 3 aromatic rings. The highest BCUT2D eigenvalue weighted by Crippen LogP contribution is 2.39. The number of allylic oxidation sites excluding steroid dienone is 1. The van der Waals surface area contributed by atoms with Gasteiger partial charge >= 0.3 is 0 Å². The van der Waals surface area contributed by atoms with Crippen LogP contribution < -0.4 is 29.0 Å². The summed E-state index contributed by atoms with van der Waals surface area (Å²) in [5.41, 5.74) is 2.31. The third-order valence-corrected chi connectivity index (χ3v) is 5.67. The monoisotopic (exact) mass is 527 g/mol. The van der Waals surface area contributed by atoms with Crippen molar-refractivity contribution in [3.8, 4) is 28.7 Å². The highest BCUT2D eigenvalue weighted by molar-refractivity contribution is 6.32. The molecule has 3 rings (SSSR count). The van der Waals surface area contributed by atoms with Gasteiger partial charge in [-0.3, -0.25) is 4.79 Å². The van der Waals surface area contributed by atoms with Gasteiger partial charge in [-0.15, -0.1) is 0 Å². The summed E-state index contributed by atoms with van der Waals surface area (Å²) in [4.78, 5) is 12.5. The molecular formula is C28H27ClFNO6. The predicted molar refractivity (Wildman–Crippen MR) is 143 cm³/mol. The van der Waals surface area contributed by atoms with Crippen molar-refractivity contribution in [1.29, 1.82) is 0 Å². The fourth-order valence-electron chi connectivity index (χ4n) is 3.49. The van der Waals surface area contributed by atoms with Gasteiger partial charge < -0.3 is 29.0 Å². The molecule has 7 nitrogen and oxygen atoms in total. The molecule has 0 aliphatic carbocycles. The van der Waals surface area contributed by atoms with E-state index >= 15 is 0 Å². The fraction of sp³-hybridized carbons (Fsp3) is 0.179. The Hall–Kier alpha value is -4.17. The van der Waals surface area contributed by atoms with Gasteiger partial charge in [-0.2, -0.15) is 0 Å². The number of carbonyl (C=O) groups is 1. The first-order valence-corrected chi connectivity index (χ1v) is 11.4. The molecule has 0 aromatic heterocycles. The Kier molecular flexibility index (Phi) is 9.40. The minimum atomic E-state index is -0.614. The van der Waals surface area contributed by atoms with Gasteiger partial charge in [0.15, 0.2) is 28.8 Å². The predicted octanol–water partition coefficient (Wildman–Crippen LogP) is 6.50. The van der Waals surface area contributed by atoms with Gasteiger partial charge in [-0.25, -0.2) is 4.39 Å². The summed E-state index contributed by atoms with van der Waals surface area (Å²) in [6.45, 7) is 0. The summed E-state index contributed by atoms with van der Waals surface area (Å²) in [5, 5.41) is 3.48. The number of methoxy groups -OCH3 is 5. The maximum Gasteiger partial charge on any atom is 0.203 e. The van der Waals surface area contributed by atoms with Crippen molar-refractivity contribution in [2.24, 2.45) is 0 Å². The van der Waals surface area contributed by atoms with E-state index in [0.29, 0.717) is 39.3 Å². The van der Waals surface area contributed by atoms with E-state index in [4.69, 9.17) is 35.3 Å². The van der Waals surface area contributed by atoms with Crippen molar-refractivity contribution in [1.82, 2.24) is 0 Å². The van der Waals surface area contributed by atoms with Gasteiger partial charge in [0.25, 0.3) is 0 Å². The number of carbonyl (C=O) groups excluding carboxylic acids is 1. The van der Waals surface area contributed by atoms with E-state index in [1.807, 2.05) is 24.3 Å². The molecule has 194 valence electrons. The number of hydrogen-bond acceptors (Lipinski definition) is 7. The maximum atomic E-state index is 14.0. The molecule has 0 radical (unpaired) electrons. The summed E-state index contributed by atoms with van der Waals surface area (Å²) in [6.07, 6.45) is 6.45. The van der Waals surface area contributed by atoms with Crippen molar-refractivity contribution in [3.63, 3.8) is 0 Å². The molecule has 0 unspecified atom stereocenters. The van der Waals surface area contributed by atoms with Crippen LogP contribution in [0.2, 0.25) is 5.02 Å². The van der Waals surface area contributed by atoms with E-state index in [2.05, 4.69) is 5.32 Å². The number of rotatable bonds is 11. The highest BCUT2D eigenvalue weighted by atomic mass is 35.5. The molecule has 3 aromatic carbocycles. The summed E-state index contributed by atoms with van der Waals surface area (Å²) in [6, 6.07) is 11.1. The second-order valence-corrected chi connectivity index (χ2v) is 7.96. The van der Waals surface area contributed by atoms with Crippen LogP contribution in [0.5, 0.6) is 28.7 Å². The maximum absolute atomic E-state index is 14.0. The molecule has 0 heterocycles. The van der Waals surface area contributed by atoms with Gasteiger partial charge in [0.1, 0.15) is 5.75 Å². The molecular weight excluding hydrogens is 501 g/mol. The number of halogens is 2. The van der Waals surface area contributed by atoms with Gasteiger partial charge in [0, 0.05) is 29.6 Å². The minimum absolute atomic E-state index is 0.0652. The molecule has 0 aliphatic heterocycles. The molecule has 0 saturated heterocycles. The molecule has 37 heavy (non-hydrogen) atoms. The summed E-state index contributed by atoms with van der Waals surface area (Å²) in [7, 11) is 7.50. The zero-order valence-electron chi connectivity index (χ0n) is 21.1. The lowest BCUT2D eigenvalue weighted by Gasteiger charge is -2.13. The Labute approximate surface area is 220 Å². The smallest absolute Gasteiger partial charge is 0.203 e. The van der Waals surface area contributed by atoms with E-state index in [9.17, 15) is 9.18 Å². The average molecular weight is 528 g/mol. The van der Waals surface area contributed by atoms with E-state index in [0.717, 1.165) is 11.6 Å². The first-order valence-electron chi connectivity index (χ1n) is 11.0. The zero-order valence-corrected chi connectivity index (χ0v) is 21.8. The standard InChI is InChI=1S/C28H27ClFNO6/c1-33-24-9-8-19(15-21(24)30)23(32)10-11-31-22-16-25(34-2)20(29)14-18(22)7-6-17-12-26(35-3)28(37-5)27(13-17)36-4/h6-16,31H,1-5H3/b7-6-,11-10-. The number of nitrogens with one attached hydrogen (secondary N) is 1. The SMILES string of the molecule is COc1ccc(C(=O)/C=C\Nc2cc(OC)c(Cl)cc2/C=C\c2cc(OC)c(OC)c(OC)c2)cc1F. The number of ketones is 1. The Morgan fingerprint density at radius 1 is 0.811 bits per heavy atom. The van der Waals surface area contributed by atoms with Crippen molar-refractivity contribution in [3.05, 3.63) is 82.3 Å². The molecule has 0 bridgehead atoms. The molecule has 0 spiro atoms. The third kappa shape index (κ3) is 6.54. The van der Waals surface area contributed by atoms with Crippen molar-refractivity contribution < 1.29 is 32.9 Å². The van der Waals surface area contributed by atoms with Gasteiger partial charge in [-0.05, 0) is 47.5 Å². The Morgan fingerprint density at radius 3 is 2.03 bits per heavy atom. The molecule has 0 amide bonds. The first-order chi connectivity index (χ1) is 17.8. The van der Waals surface area contributed by atoms with E-state index in [1.54, 1.807) is 26.4 Å². The Bertz CT molecular complexity index is 1310. The van der Waals surface area contributed by atoms with Crippen LogP contribution >= 0.6 is 11.6 Å². The van der Waals surface area contributed by atoms with E-state index in [-0.39, 0.29) is 17.1 Å². The van der Waals surface area contributed by atoms with Crippen LogP contribution in [0.3, 0.4) is 0 Å². The lowest BCUT2D eigenvalue weighted by Crippen LogP contribution is -1.99. The quantitative estimate of drug-likeness (QED) is 0.173. The molecule has 1 N–H and O–H groups in total. The molecule has 0 saturated carbocycles. The van der Waals surface area contributed by atoms with Crippen LogP contribution in [-0.2, 0) is 0 Å². The van der Waals surface area contributed by atoms with Gasteiger partial charge in [0.05, 0.1) is 40.6 Å². The van der Waals surface area contributed by atoms with Gasteiger partial charge in [0.2, 0.25) is 5.75 Å². The molecule has 0 aliphatic rings. The second-order valence-electron chi connectivity index (χ2n) is 7.56. The van der Waals surface area contributed by atoms with E-state index < -0.39 is 5.82 Å².